The molecular weight excluding hydrogens is 298 g/mol. The summed E-state index contributed by atoms with van der Waals surface area (Å²) in [6.07, 6.45) is 0. The lowest BCUT2D eigenvalue weighted by Gasteiger charge is -2.17. The maximum Gasteiger partial charge on any atom is 0.235 e. The number of carbonyl (C=O) groups is 1. The number of amides is 1. The van der Waals surface area contributed by atoms with Crippen molar-refractivity contribution < 1.29 is 13.2 Å². The zero-order valence-electron chi connectivity index (χ0n) is 11.9. The molecule has 112 valence electrons. The summed E-state index contributed by atoms with van der Waals surface area (Å²) in [4.78, 5) is 11.7. The van der Waals surface area contributed by atoms with E-state index in [4.69, 9.17) is 11.6 Å². The van der Waals surface area contributed by atoms with Crippen molar-refractivity contribution in [2.24, 2.45) is 5.92 Å². The molecule has 0 aromatic heterocycles. The molecule has 0 bridgehead atoms. The van der Waals surface area contributed by atoms with Crippen molar-refractivity contribution in [2.75, 3.05) is 5.75 Å². The Labute approximate surface area is 125 Å². The van der Waals surface area contributed by atoms with Gasteiger partial charge in [0.05, 0.1) is 5.75 Å². The van der Waals surface area contributed by atoms with E-state index in [1.807, 2.05) is 20.8 Å². The van der Waals surface area contributed by atoms with Gasteiger partial charge >= 0.3 is 0 Å². The number of halogens is 1. The average molecular weight is 318 g/mol. The molecule has 20 heavy (non-hydrogen) atoms. The van der Waals surface area contributed by atoms with Gasteiger partial charge in [-0.25, -0.2) is 8.42 Å². The van der Waals surface area contributed by atoms with Crippen LogP contribution in [0, 0.1) is 5.92 Å². The molecule has 1 atom stereocenters. The van der Waals surface area contributed by atoms with Crippen LogP contribution in [0.1, 0.15) is 26.3 Å². The van der Waals surface area contributed by atoms with Crippen LogP contribution in [0.3, 0.4) is 0 Å². The average Bonchev–Trinajstić information content (AvgIpc) is 2.26. The second-order valence-corrected chi connectivity index (χ2v) is 7.76. The molecule has 6 heteroatoms. The lowest BCUT2D eigenvalue weighted by atomic mass is 10.1. The fourth-order valence-corrected chi connectivity index (χ4v) is 3.08. The van der Waals surface area contributed by atoms with Crippen molar-refractivity contribution in [3.05, 3.63) is 34.9 Å². The molecule has 1 aromatic carbocycles. The summed E-state index contributed by atoms with van der Waals surface area (Å²) in [5.41, 5.74) is 0.585. The Morgan fingerprint density at radius 1 is 1.30 bits per heavy atom. The Balaban J connectivity index is 2.64. The van der Waals surface area contributed by atoms with Crippen LogP contribution in [0.4, 0.5) is 0 Å². The van der Waals surface area contributed by atoms with E-state index in [1.54, 1.807) is 24.3 Å². The van der Waals surface area contributed by atoms with E-state index >= 15 is 0 Å². The number of hydrogen-bond acceptors (Lipinski definition) is 3. The number of carbonyl (C=O) groups excluding carboxylic acids is 1. The molecule has 0 aliphatic heterocycles. The Hall–Kier alpha value is -1.07. The lowest BCUT2D eigenvalue weighted by Crippen LogP contribution is -2.39. The molecule has 0 saturated heterocycles. The van der Waals surface area contributed by atoms with Gasteiger partial charge in [0.1, 0.15) is 5.75 Å². The first-order valence-electron chi connectivity index (χ1n) is 6.44. The summed E-state index contributed by atoms with van der Waals surface area (Å²) in [5.74, 6) is -0.893. The Morgan fingerprint density at radius 2 is 1.95 bits per heavy atom. The largest absolute Gasteiger partial charge is 0.353 e. The molecular formula is C14H20ClNO3S. The SMILES string of the molecule is CC(C)C(C)NC(=O)CS(=O)(=O)Cc1cccc(Cl)c1. The smallest absolute Gasteiger partial charge is 0.235 e. The zero-order chi connectivity index (χ0) is 15.3. The van der Waals surface area contributed by atoms with Crippen LogP contribution < -0.4 is 5.32 Å². The van der Waals surface area contributed by atoms with E-state index in [-0.39, 0.29) is 17.7 Å². The summed E-state index contributed by atoms with van der Waals surface area (Å²) < 4.78 is 23.9. The maximum atomic E-state index is 12.0. The van der Waals surface area contributed by atoms with Crippen LogP contribution in [-0.2, 0) is 20.4 Å². The van der Waals surface area contributed by atoms with Gasteiger partial charge < -0.3 is 5.32 Å². The summed E-state index contributed by atoms with van der Waals surface area (Å²) in [5, 5.41) is 3.17. The second-order valence-electron chi connectivity index (χ2n) is 5.26. The molecule has 0 spiro atoms. The van der Waals surface area contributed by atoms with E-state index in [9.17, 15) is 13.2 Å². The van der Waals surface area contributed by atoms with Crippen molar-refractivity contribution in [3.63, 3.8) is 0 Å². The normalized spacial score (nSPS) is 13.2. The van der Waals surface area contributed by atoms with Gasteiger partial charge in [-0.2, -0.15) is 0 Å². The molecule has 0 radical (unpaired) electrons. The molecule has 1 N–H and O–H groups in total. The van der Waals surface area contributed by atoms with Gasteiger partial charge in [-0.3, -0.25) is 4.79 Å². The summed E-state index contributed by atoms with van der Waals surface area (Å²) in [7, 11) is -3.49. The summed E-state index contributed by atoms with van der Waals surface area (Å²) in [6, 6.07) is 6.58. The minimum absolute atomic E-state index is 0.0520. The number of nitrogens with one attached hydrogen (secondary N) is 1. The van der Waals surface area contributed by atoms with Gasteiger partial charge in [0.15, 0.2) is 9.84 Å². The first kappa shape index (κ1) is 17.0. The van der Waals surface area contributed by atoms with Gasteiger partial charge in [0.25, 0.3) is 0 Å². The van der Waals surface area contributed by atoms with E-state index < -0.39 is 21.5 Å². The summed E-state index contributed by atoms with van der Waals surface area (Å²) >= 11 is 5.81. The molecule has 0 heterocycles. The van der Waals surface area contributed by atoms with Crippen LogP contribution in [0.25, 0.3) is 0 Å². The predicted octanol–water partition coefficient (Wildman–Crippen LogP) is 2.42. The monoisotopic (exact) mass is 317 g/mol. The quantitative estimate of drug-likeness (QED) is 0.876. The Kier molecular flexibility index (Phi) is 6.02. The number of rotatable bonds is 6. The molecule has 1 unspecified atom stereocenters. The lowest BCUT2D eigenvalue weighted by molar-refractivity contribution is -0.119. The van der Waals surface area contributed by atoms with Gasteiger partial charge in [-0.1, -0.05) is 37.6 Å². The molecule has 0 aliphatic rings. The van der Waals surface area contributed by atoms with Crippen LogP contribution >= 0.6 is 11.6 Å². The van der Waals surface area contributed by atoms with Crippen LogP contribution in [0.5, 0.6) is 0 Å². The molecule has 4 nitrogen and oxygen atoms in total. The minimum atomic E-state index is -3.49. The van der Waals surface area contributed by atoms with Gasteiger partial charge in [0.2, 0.25) is 5.91 Å². The highest BCUT2D eigenvalue weighted by molar-refractivity contribution is 7.91. The predicted molar refractivity (Wildman–Crippen MR) is 81.4 cm³/mol. The number of benzene rings is 1. The highest BCUT2D eigenvalue weighted by Crippen LogP contribution is 2.13. The fourth-order valence-electron chi connectivity index (χ4n) is 1.59. The molecule has 0 fully saturated rings. The molecule has 0 saturated carbocycles. The maximum absolute atomic E-state index is 12.0. The van der Waals surface area contributed by atoms with E-state index in [0.29, 0.717) is 10.6 Å². The van der Waals surface area contributed by atoms with Gasteiger partial charge in [0, 0.05) is 11.1 Å². The molecule has 0 aliphatic carbocycles. The van der Waals surface area contributed by atoms with E-state index in [1.165, 1.54) is 0 Å². The molecule has 1 amide bonds. The standard InChI is InChI=1S/C14H20ClNO3S/c1-10(2)11(3)16-14(17)9-20(18,19)8-12-5-4-6-13(15)7-12/h4-7,10-11H,8-9H2,1-3H3,(H,16,17). The number of sulfone groups is 1. The van der Waals surface area contributed by atoms with Crippen molar-refractivity contribution in [1.82, 2.24) is 5.32 Å². The minimum Gasteiger partial charge on any atom is -0.353 e. The van der Waals surface area contributed by atoms with Crippen LogP contribution in [0.15, 0.2) is 24.3 Å². The molecule has 1 aromatic rings. The van der Waals surface area contributed by atoms with Crippen LogP contribution in [-0.4, -0.2) is 26.1 Å². The first-order valence-corrected chi connectivity index (χ1v) is 8.64. The van der Waals surface area contributed by atoms with Crippen molar-refractivity contribution in [3.8, 4) is 0 Å². The van der Waals surface area contributed by atoms with Gasteiger partial charge in [-0.05, 0) is 30.5 Å². The van der Waals surface area contributed by atoms with Crippen molar-refractivity contribution in [2.45, 2.75) is 32.6 Å². The van der Waals surface area contributed by atoms with Crippen LogP contribution in [0.2, 0.25) is 5.02 Å². The number of hydrogen-bond donors (Lipinski definition) is 1. The van der Waals surface area contributed by atoms with E-state index in [0.717, 1.165) is 0 Å². The fraction of sp³-hybridized carbons (Fsp3) is 0.500. The van der Waals surface area contributed by atoms with Gasteiger partial charge in [-0.15, -0.1) is 0 Å². The Morgan fingerprint density at radius 3 is 2.50 bits per heavy atom. The first-order chi connectivity index (χ1) is 9.19. The third kappa shape index (κ3) is 5.92. The third-order valence-electron chi connectivity index (χ3n) is 3.02. The van der Waals surface area contributed by atoms with Crippen molar-refractivity contribution >= 4 is 27.3 Å². The highest BCUT2D eigenvalue weighted by Gasteiger charge is 2.19. The second kappa shape index (κ2) is 7.09. The zero-order valence-corrected chi connectivity index (χ0v) is 13.5. The third-order valence-corrected chi connectivity index (χ3v) is 4.73. The molecule has 1 rings (SSSR count). The summed E-state index contributed by atoms with van der Waals surface area (Å²) in [6.45, 7) is 5.78. The van der Waals surface area contributed by atoms with E-state index in [2.05, 4.69) is 5.32 Å². The Bertz CT molecular complexity index is 570. The highest BCUT2D eigenvalue weighted by atomic mass is 35.5. The topological polar surface area (TPSA) is 63.2 Å². The van der Waals surface area contributed by atoms with Crippen molar-refractivity contribution in [1.29, 1.82) is 0 Å².